The maximum absolute atomic E-state index is 15.2. The molecule has 6 heteroatoms. The van der Waals surface area contributed by atoms with Gasteiger partial charge in [0.1, 0.15) is 0 Å². The lowest BCUT2D eigenvalue weighted by Gasteiger charge is -2.31. The third kappa shape index (κ3) is 3.04. The Morgan fingerprint density at radius 3 is 2.62 bits per heavy atom. The van der Waals surface area contributed by atoms with Gasteiger partial charge in [0, 0.05) is 12.1 Å². The van der Waals surface area contributed by atoms with E-state index in [4.69, 9.17) is 9.68 Å². The Morgan fingerprint density at radius 1 is 1.04 bits per heavy atom. The molecular formula is C20H17FN4O. The summed E-state index contributed by atoms with van der Waals surface area (Å²) in [5.74, 6) is 0.224. The summed E-state index contributed by atoms with van der Waals surface area (Å²) >= 11 is 0. The largest absolute Gasteiger partial charge is 0.417 e. The SMILES string of the molecule is N#CN1CCC[C@](F)(c2nnc(-c3cccc(-c4ccccc4)c3)o2)C1. The van der Waals surface area contributed by atoms with Crippen LogP contribution in [0.3, 0.4) is 0 Å². The molecule has 0 N–H and O–H groups in total. The molecule has 0 spiro atoms. The lowest BCUT2D eigenvalue weighted by Crippen LogP contribution is -2.41. The van der Waals surface area contributed by atoms with Crippen molar-refractivity contribution < 1.29 is 8.81 Å². The number of hydrogen-bond donors (Lipinski definition) is 0. The molecule has 0 radical (unpaired) electrons. The van der Waals surface area contributed by atoms with Crippen molar-refractivity contribution in [1.82, 2.24) is 15.1 Å². The lowest BCUT2D eigenvalue weighted by molar-refractivity contribution is 0.0439. The lowest BCUT2D eigenvalue weighted by atomic mass is 9.95. The Kier molecular flexibility index (Phi) is 4.13. The third-order valence-electron chi connectivity index (χ3n) is 4.61. The quantitative estimate of drug-likeness (QED) is 0.665. The maximum atomic E-state index is 15.2. The van der Waals surface area contributed by atoms with Gasteiger partial charge in [0.05, 0.1) is 6.54 Å². The van der Waals surface area contributed by atoms with Gasteiger partial charge in [0.2, 0.25) is 11.6 Å². The van der Waals surface area contributed by atoms with Gasteiger partial charge in [-0.25, -0.2) is 4.39 Å². The summed E-state index contributed by atoms with van der Waals surface area (Å²) in [6.07, 6.45) is 2.85. The molecule has 2 heterocycles. The number of nitrogens with zero attached hydrogens (tertiary/aromatic N) is 4. The topological polar surface area (TPSA) is 66.0 Å². The molecule has 0 amide bonds. The minimum Gasteiger partial charge on any atom is -0.417 e. The van der Waals surface area contributed by atoms with Crippen LogP contribution in [0.2, 0.25) is 0 Å². The minimum atomic E-state index is -1.78. The number of benzene rings is 2. The van der Waals surface area contributed by atoms with Gasteiger partial charge in [-0.15, -0.1) is 10.2 Å². The molecule has 1 aliphatic heterocycles. The highest BCUT2D eigenvalue weighted by Crippen LogP contribution is 2.36. The van der Waals surface area contributed by atoms with Crippen LogP contribution in [0.5, 0.6) is 0 Å². The molecule has 1 atom stereocenters. The smallest absolute Gasteiger partial charge is 0.255 e. The van der Waals surface area contributed by atoms with Crippen LogP contribution >= 0.6 is 0 Å². The van der Waals surface area contributed by atoms with Gasteiger partial charge in [0.25, 0.3) is 5.89 Å². The number of rotatable bonds is 3. The summed E-state index contributed by atoms with van der Waals surface area (Å²) in [6.45, 7) is 0.511. The van der Waals surface area contributed by atoms with E-state index < -0.39 is 5.67 Å². The highest BCUT2D eigenvalue weighted by Gasteiger charge is 2.42. The number of likely N-dealkylation sites (tertiary alicyclic amines) is 1. The predicted molar refractivity (Wildman–Crippen MR) is 94.4 cm³/mol. The van der Waals surface area contributed by atoms with Crippen LogP contribution in [0.25, 0.3) is 22.6 Å². The van der Waals surface area contributed by atoms with E-state index >= 15 is 4.39 Å². The van der Waals surface area contributed by atoms with Gasteiger partial charge in [-0.05, 0) is 36.1 Å². The molecule has 0 unspecified atom stereocenters. The molecule has 1 fully saturated rings. The number of nitriles is 1. The number of hydrogen-bond acceptors (Lipinski definition) is 5. The Bertz CT molecular complexity index is 950. The maximum Gasteiger partial charge on any atom is 0.255 e. The van der Waals surface area contributed by atoms with Crippen molar-refractivity contribution >= 4 is 0 Å². The van der Waals surface area contributed by atoms with Crippen LogP contribution in [0.1, 0.15) is 18.7 Å². The van der Waals surface area contributed by atoms with Gasteiger partial charge in [-0.2, -0.15) is 5.26 Å². The van der Waals surface area contributed by atoms with Gasteiger partial charge in [-0.3, -0.25) is 0 Å². The van der Waals surface area contributed by atoms with E-state index in [-0.39, 0.29) is 24.7 Å². The van der Waals surface area contributed by atoms with E-state index in [2.05, 4.69) is 10.2 Å². The van der Waals surface area contributed by atoms with E-state index in [9.17, 15) is 0 Å². The van der Waals surface area contributed by atoms with E-state index in [1.807, 2.05) is 60.8 Å². The Labute approximate surface area is 150 Å². The van der Waals surface area contributed by atoms with Crippen LogP contribution in [-0.2, 0) is 5.67 Å². The van der Waals surface area contributed by atoms with Crippen molar-refractivity contribution in [2.24, 2.45) is 0 Å². The summed E-state index contributed by atoms with van der Waals surface area (Å²) < 4.78 is 20.9. The zero-order chi connectivity index (χ0) is 18.0. The van der Waals surface area contributed by atoms with E-state index in [1.54, 1.807) is 0 Å². The first-order valence-corrected chi connectivity index (χ1v) is 8.51. The molecule has 1 saturated heterocycles. The molecule has 1 aromatic heterocycles. The Hall–Kier alpha value is -3.20. The van der Waals surface area contributed by atoms with Crippen molar-refractivity contribution in [1.29, 1.82) is 5.26 Å². The van der Waals surface area contributed by atoms with Crippen LogP contribution in [0.4, 0.5) is 4.39 Å². The summed E-state index contributed by atoms with van der Waals surface area (Å²) in [5, 5.41) is 17.0. The first-order chi connectivity index (χ1) is 12.7. The second kappa shape index (κ2) is 6.60. The molecule has 1 aliphatic rings. The van der Waals surface area contributed by atoms with Crippen molar-refractivity contribution in [2.45, 2.75) is 18.5 Å². The second-order valence-corrected chi connectivity index (χ2v) is 6.45. The van der Waals surface area contributed by atoms with Crippen molar-refractivity contribution in [3.63, 3.8) is 0 Å². The zero-order valence-corrected chi connectivity index (χ0v) is 14.1. The molecule has 3 aromatic rings. The van der Waals surface area contributed by atoms with Gasteiger partial charge in [0.15, 0.2) is 6.19 Å². The van der Waals surface area contributed by atoms with E-state index in [0.29, 0.717) is 13.0 Å². The standard InChI is InChI=1S/C20H17FN4O/c21-20(10-5-11-25(13-20)14-22)19-24-23-18(26-19)17-9-4-8-16(12-17)15-6-2-1-3-7-15/h1-4,6-9,12H,5,10-11,13H2/t20-/m1/s1. The van der Waals surface area contributed by atoms with Gasteiger partial charge < -0.3 is 9.32 Å². The normalized spacial score (nSPS) is 19.9. The van der Waals surface area contributed by atoms with Crippen molar-refractivity contribution in [3.8, 4) is 28.8 Å². The van der Waals surface area contributed by atoms with Gasteiger partial charge >= 0.3 is 0 Å². The number of piperidine rings is 1. The average molecular weight is 348 g/mol. The number of alkyl halides is 1. The van der Waals surface area contributed by atoms with Crippen LogP contribution in [-0.4, -0.2) is 28.2 Å². The Morgan fingerprint density at radius 2 is 1.81 bits per heavy atom. The predicted octanol–water partition coefficient (Wildman–Crippen LogP) is 4.15. The summed E-state index contributed by atoms with van der Waals surface area (Å²) in [4.78, 5) is 1.39. The molecule has 26 heavy (non-hydrogen) atoms. The molecule has 0 aliphatic carbocycles. The van der Waals surface area contributed by atoms with Crippen molar-refractivity contribution in [2.75, 3.05) is 13.1 Å². The molecule has 4 rings (SSSR count). The minimum absolute atomic E-state index is 0.0464. The third-order valence-corrected chi connectivity index (χ3v) is 4.61. The van der Waals surface area contributed by atoms with E-state index in [0.717, 1.165) is 16.7 Å². The van der Waals surface area contributed by atoms with E-state index in [1.165, 1.54) is 4.90 Å². The summed E-state index contributed by atoms with van der Waals surface area (Å²) in [6, 6.07) is 17.7. The number of halogens is 1. The highest BCUT2D eigenvalue weighted by atomic mass is 19.1. The molecule has 5 nitrogen and oxygen atoms in total. The second-order valence-electron chi connectivity index (χ2n) is 6.45. The fourth-order valence-corrected chi connectivity index (χ4v) is 3.25. The summed E-state index contributed by atoms with van der Waals surface area (Å²) in [5.41, 5.74) is 1.05. The zero-order valence-electron chi connectivity index (χ0n) is 14.1. The first-order valence-electron chi connectivity index (χ1n) is 8.51. The van der Waals surface area contributed by atoms with Crippen molar-refractivity contribution in [3.05, 3.63) is 60.5 Å². The molecule has 2 aromatic carbocycles. The fraction of sp³-hybridized carbons (Fsp3) is 0.250. The van der Waals surface area contributed by atoms with Gasteiger partial charge in [-0.1, -0.05) is 42.5 Å². The highest BCUT2D eigenvalue weighted by molar-refractivity contribution is 5.69. The van der Waals surface area contributed by atoms with Crippen LogP contribution in [0, 0.1) is 11.5 Å². The fourth-order valence-electron chi connectivity index (χ4n) is 3.25. The molecule has 0 bridgehead atoms. The number of aromatic nitrogens is 2. The van der Waals surface area contributed by atoms with Crippen LogP contribution < -0.4 is 0 Å². The summed E-state index contributed by atoms with van der Waals surface area (Å²) in [7, 11) is 0. The molecular weight excluding hydrogens is 331 g/mol. The first kappa shape index (κ1) is 16.3. The average Bonchev–Trinajstić information content (AvgIpc) is 3.20. The molecule has 0 saturated carbocycles. The monoisotopic (exact) mass is 348 g/mol. The van der Waals surface area contributed by atoms with Crippen LogP contribution in [0.15, 0.2) is 59.0 Å². The Balaban J connectivity index is 1.64. The molecule has 130 valence electrons.